The molecule has 0 amide bonds. The first-order chi connectivity index (χ1) is 10.2. The van der Waals surface area contributed by atoms with E-state index in [-0.39, 0.29) is 0 Å². The highest BCUT2D eigenvalue weighted by atomic mass is 32.1. The highest BCUT2D eigenvalue weighted by Gasteiger charge is 2.16. The van der Waals surface area contributed by atoms with Crippen molar-refractivity contribution in [3.05, 3.63) is 64.1 Å². The van der Waals surface area contributed by atoms with Crippen molar-refractivity contribution in [2.45, 2.75) is 19.5 Å². The standard InChI is InChI=1S/C17H17N3S/c1-13(17-7-5-9-21-17)19(2)11-14-12-20-8-4-3-6-16(20)15(14)10-18/h3-9,12-13H,11H2,1-2H3. The number of nitriles is 1. The molecular formula is C17H17N3S. The number of aromatic nitrogens is 1. The summed E-state index contributed by atoms with van der Waals surface area (Å²) < 4.78 is 2.03. The largest absolute Gasteiger partial charge is 0.322 e. The number of rotatable bonds is 4. The van der Waals surface area contributed by atoms with Crippen molar-refractivity contribution >= 4 is 16.9 Å². The molecule has 1 unspecified atom stereocenters. The molecule has 106 valence electrons. The zero-order valence-corrected chi connectivity index (χ0v) is 13.0. The number of hydrogen-bond donors (Lipinski definition) is 0. The van der Waals surface area contributed by atoms with E-state index in [9.17, 15) is 5.26 Å². The first-order valence-electron chi connectivity index (χ1n) is 6.93. The van der Waals surface area contributed by atoms with Crippen molar-refractivity contribution < 1.29 is 0 Å². The Hall–Kier alpha value is -2.09. The normalized spacial score (nSPS) is 12.7. The van der Waals surface area contributed by atoms with Crippen LogP contribution in [0.5, 0.6) is 0 Å². The van der Waals surface area contributed by atoms with Crippen LogP contribution in [0.15, 0.2) is 48.1 Å². The van der Waals surface area contributed by atoms with Gasteiger partial charge in [0.15, 0.2) is 0 Å². The maximum atomic E-state index is 9.46. The summed E-state index contributed by atoms with van der Waals surface area (Å²) in [7, 11) is 2.11. The molecule has 0 saturated carbocycles. The van der Waals surface area contributed by atoms with Crippen LogP contribution < -0.4 is 0 Å². The number of thiophene rings is 1. The highest BCUT2D eigenvalue weighted by Crippen LogP contribution is 2.26. The van der Waals surface area contributed by atoms with Gasteiger partial charge in [0.25, 0.3) is 0 Å². The summed E-state index contributed by atoms with van der Waals surface area (Å²) in [5, 5.41) is 11.6. The van der Waals surface area contributed by atoms with Crippen LogP contribution in [-0.4, -0.2) is 16.3 Å². The van der Waals surface area contributed by atoms with Crippen LogP contribution in [0, 0.1) is 11.3 Å². The molecule has 0 N–H and O–H groups in total. The van der Waals surface area contributed by atoms with Crippen LogP contribution in [0.2, 0.25) is 0 Å². The molecule has 3 rings (SSSR count). The first-order valence-corrected chi connectivity index (χ1v) is 7.81. The average Bonchev–Trinajstić information content (AvgIpc) is 3.13. The fraction of sp³-hybridized carbons (Fsp3) is 0.235. The molecule has 0 saturated heterocycles. The van der Waals surface area contributed by atoms with Crippen molar-refractivity contribution in [1.29, 1.82) is 5.26 Å². The Labute approximate surface area is 128 Å². The third kappa shape index (κ3) is 2.58. The predicted octanol–water partition coefficient (Wildman–Crippen LogP) is 4.07. The molecule has 0 radical (unpaired) electrons. The highest BCUT2D eigenvalue weighted by molar-refractivity contribution is 7.10. The van der Waals surface area contributed by atoms with Gasteiger partial charge in [0.1, 0.15) is 6.07 Å². The van der Waals surface area contributed by atoms with Gasteiger partial charge in [-0.25, -0.2) is 0 Å². The summed E-state index contributed by atoms with van der Waals surface area (Å²) in [6.45, 7) is 2.97. The van der Waals surface area contributed by atoms with Crippen molar-refractivity contribution in [3.8, 4) is 6.07 Å². The van der Waals surface area contributed by atoms with Crippen molar-refractivity contribution in [2.75, 3.05) is 7.05 Å². The molecule has 3 aromatic heterocycles. The molecule has 0 bridgehead atoms. The van der Waals surface area contributed by atoms with E-state index in [1.165, 1.54) is 4.88 Å². The van der Waals surface area contributed by atoms with Gasteiger partial charge in [-0.05, 0) is 37.6 Å². The Morgan fingerprint density at radius 3 is 2.90 bits per heavy atom. The van der Waals surface area contributed by atoms with Crippen LogP contribution in [-0.2, 0) is 6.54 Å². The third-order valence-corrected chi connectivity index (χ3v) is 4.95. The van der Waals surface area contributed by atoms with Gasteiger partial charge in [-0.15, -0.1) is 11.3 Å². The lowest BCUT2D eigenvalue weighted by Crippen LogP contribution is -2.21. The quantitative estimate of drug-likeness (QED) is 0.726. The van der Waals surface area contributed by atoms with Gasteiger partial charge < -0.3 is 4.40 Å². The van der Waals surface area contributed by atoms with Gasteiger partial charge >= 0.3 is 0 Å². The van der Waals surface area contributed by atoms with Crippen molar-refractivity contribution in [2.24, 2.45) is 0 Å². The Kier molecular flexibility index (Phi) is 3.78. The Balaban J connectivity index is 1.89. The molecule has 1 atom stereocenters. The molecular weight excluding hydrogens is 278 g/mol. The second-order valence-electron chi connectivity index (χ2n) is 5.24. The number of pyridine rings is 1. The van der Waals surface area contributed by atoms with Crippen LogP contribution in [0.3, 0.4) is 0 Å². The molecule has 0 aliphatic heterocycles. The average molecular weight is 295 g/mol. The third-order valence-electron chi connectivity index (χ3n) is 3.91. The second-order valence-corrected chi connectivity index (χ2v) is 6.22. The van der Waals surface area contributed by atoms with E-state index < -0.39 is 0 Å². The van der Waals surface area contributed by atoms with E-state index >= 15 is 0 Å². The first kappa shape index (κ1) is 13.9. The Bertz CT molecular complexity index is 780. The van der Waals surface area contributed by atoms with E-state index in [2.05, 4.69) is 48.7 Å². The molecule has 3 heterocycles. The van der Waals surface area contributed by atoms with Gasteiger partial charge in [-0.1, -0.05) is 12.1 Å². The Morgan fingerprint density at radius 2 is 2.19 bits per heavy atom. The molecule has 3 nitrogen and oxygen atoms in total. The topological polar surface area (TPSA) is 31.4 Å². The summed E-state index contributed by atoms with van der Waals surface area (Å²) in [6, 6.07) is 12.9. The van der Waals surface area contributed by atoms with E-state index in [0.29, 0.717) is 6.04 Å². The van der Waals surface area contributed by atoms with Gasteiger partial charge in [-0.3, -0.25) is 4.90 Å². The number of nitrogens with zero attached hydrogens (tertiary/aromatic N) is 3. The van der Waals surface area contributed by atoms with Crippen molar-refractivity contribution in [1.82, 2.24) is 9.30 Å². The van der Waals surface area contributed by atoms with Crippen LogP contribution in [0.1, 0.15) is 29.0 Å². The van der Waals surface area contributed by atoms with Crippen LogP contribution >= 0.6 is 11.3 Å². The zero-order valence-electron chi connectivity index (χ0n) is 12.2. The fourth-order valence-electron chi connectivity index (χ4n) is 2.58. The molecule has 0 aliphatic carbocycles. The van der Waals surface area contributed by atoms with Gasteiger partial charge in [0, 0.05) is 35.4 Å². The summed E-state index contributed by atoms with van der Waals surface area (Å²) in [6.07, 6.45) is 4.05. The van der Waals surface area contributed by atoms with Crippen LogP contribution in [0.25, 0.3) is 5.52 Å². The molecule has 3 aromatic rings. The maximum absolute atomic E-state index is 9.46. The minimum Gasteiger partial charge on any atom is -0.322 e. The second kappa shape index (κ2) is 5.72. The van der Waals surface area contributed by atoms with Gasteiger partial charge in [0.05, 0.1) is 11.1 Å². The SMILES string of the molecule is CC(c1cccs1)N(C)Cc1cn2ccccc2c1C#N. The monoisotopic (exact) mass is 295 g/mol. The number of fused-ring (bicyclic) bond motifs is 1. The zero-order chi connectivity index (χ0) is 14.8. The summed E-state index contributed by atoms with van der Waals surface area (Å²) in [5.74, 6) is 0. The van der Waals surface area contributed by atoms with E-state index in [4.69, 9.17) is 0 Å². The van der Waals surface area contributed by atoms with E-state index in [1.54, 1.807) is 11.3 Å². The predicted molar refractivity (Wildman–Crippen MR) is 86.3 cm³/mol. The summed E-state index contributed by atoms with van der Waals surface area (Å²) in [5.41, 5.74) is 2.84. The molecule has 4 heteroatoms. The smallest absolute Gasteiger partial charge is 0.102 e. The molecule has 0 spiro atoms. The lowest BCUT2D eigenvalue weighted by atomic mass is 10.1. The molecule has 0 fully saturated rings. The van der Waals surface area contributed by atoms with E-state index in [1.807, 2.05) is 28.8 Å². The molecule has 0 aliphatic rings. The van der Waals surface area contributed by atoms with Gasteiger partial charge in [-0.2, -0.15) is 5.26 Å². The molecule has 0 aromatic carbocycles. The minimum atomic E-state index is 0.347. The lowest BCUT2D eigenvalue weighted by molar-refractivity contribution is 0.256. The minimum absolute atomic E-state index is 0.347. The Morgan fingerprint density at radius 1 is 1.33 bits per heavy atom. The maximum Gasteiger partial charge on any atom is 0.102 e. The van der Waals surface area contributed by atoms with E-state index in [0.717, 1.165) is 23.2 Å². The lowest BCUT2D eigenvalue weighted by Gasteiger charge is -2.23. The summed E-state index contributed by atoms with van der Waals surface area (Å²) >= 11 is 1.77. The number of hydrogen-bond acceptors (Lipinski definition) is 3. The van der Waals surface area contributed by atoms with Gasteiger partial charge in [0.2, 0.25) is 0 Å². The molecule has 21 heavy (non-hydrogen) atoms. The summed E-state index contributed by atoms with van der Waals surface area (Å²) in [4.78, 5) is 3.63. The van der Waals surface area contributed by atoms with Crippen LogP contribution in [0.4, 0.5) is 0 Å². The fourth-order valence-corrected chi connectivity index (χ4v) is 3.43. The van der Waals surface area contributed by atoms with Crippen molar-refractivity contribution in [3.63, 3.8) is 0 Å².